The quantitative estimate of drug-likeness (QED) is 0.450. The van der Waals surface area contributed by atoms with Crippen LogP contribution in [0.1, 0.15) is 45.7 Å². The summed E-state index contributed by atoms with van der Waals surface area (Å²) in [5, 5.41) is 9.87. The van der Waals surface area contributed by atoms with E-state index in [-0.39, 0.29) is 11.7 Å². The molecule has 0 aliphatic heterocycles. The van der Waals surface area contributed by atoms with Gasteiger partial charge in [-0.3, -0.25) is 10.2 Å². The molecule has 4 heteroatoms. The molecule has 4 nitrogen and oxygen atoms in total. The molecule has 1 aromatic carbocycles. The second-order valence-corrected chi connectivity index (χ2v) is 3.02. The van der Waals surface area contributed by atoms with Gasteiger partial charge in [-0.1, -0.05) is 52.0 Å². The van der Waals surface area contributed by atoms with Crippen molar-refractivity contribution < 1.29 is 4.79 Å². The first-order chi connectivity index (χ1) is 9.59. The van der Waals surface area contributed by atoms with Crippen LogP contribution in [0.3, 0.4) is 0 Å². The van der Waals surface area contributed by atoms with E-state index in [1.807, 2.05) is 39.8 Å². The van der Waals surface area contributed by atoms with Gasteiger partial charge in [-0.05, 0) is 5.56 Å². The zero-order valence-electron chi connectivity index (χ0n) is 13.4. The van der Waals surface area contributed by atoms with Gasteiger partial charge in [0.25, 0.3) is 0 Å². The van der Waals surface area contributed by atoms with Crippen molar-refractivity contribution >= 4 is 11.7 Å². The minimum absolute atomic E-state index is 0.0519. The molecule has 1 aromatic rings. The SMILES string of the molecule is C=C.CC.CC.CC(=O)NCc1ccc(C(=N)N)cc1. The van der Waals surface area contributed by atoms with Crippen LogP contribution < -0.4 is 11.1 Å². The lowest BCUT2D eigenvalue weighted by atomic mass is 10.1. The summed E-state index contributed by atoms with van der Waals surface area (Å²) in [5.74, 6) is -0.00304. The van der Waals surface area contributed by atoms with Crippen molar-refractivity contribution in [2.45, 2.75) is 41.2 Å². The van der Waals surface area contributed by atoms with Crippen molar-refractivity contribution in [1.82, 2.24) is 5.32 Å². The smallest absolute Gasteiger partial charge is 0.217 e. The molecule has 0 aliphatic rings. The van der Waals surface area contributed by atoms with Crippen LogP contribution in [0.5, 0.6) is 0 Å². The summed E-state index contributed by atoms with van der Waals surface area (Å²) in [6.07, 6.45) is 0. The van der Waals surface area contributed by atoms with Gasteiger partial charge in [-0.25, -0.2) is 0 Å². The van der Waals surface area contributed by atoms with Gasteiger partial charge in [0, 0.05) is 19.0 Å². The Balaban J connectivity index is -0.000000425. The molecule has 0 bridgehead atoms. The number of carbonyl (C=O) groups is 1. The lowest BCUT2D eigenvalue weighted by Crippen LogP contribution is -2.19. The van der Waals surface area contributed by atoms with Crippen molar-refractivity contribution in [1.29, 1.82) is 5.41 Å². The van der Waals surface area contributed by atoms with E-state index in [4.69, 9.17) is 11.1 Å². The van der Waals surface area contributed by atoms with Crippen molar-refractivity contribution in [2.75, 3.05) is 0 Å². The van der Waals surface area contributed by atoms with Crippen LogP contribution in [0.15, 0.2) is 37.4 Å². The van der Waals surface area contributed by atoms with E-state index in [1.54, 1.807) is 12.1 Å². The second kappa shape index (κ2) is 16.9. The van der Waals surface area contributed by atoms with Gasteiger partial charge in [0.1, 0.15) is 5.84 Å². The maximum atomic E-state index is 10.6. The van der Waals surface area contributed by atoms with Gasteiger partial charge < -0.3 is 11.1 Å². The number of carbonyl (C=O) groups excluding carboxylic acids is 1. The Bertz CT molecular complexity index is 358. The zero-order chi connectivity index (χ0) is 16.6. The average molecular weight is 279 g/mol. The van der Waals surface area contributed by atoms with Gasteiger partial charge in [-0.15, -0.1) is 13.2 Å². The van der Waals surface area contributed by atoms with Gasteiger partial charge in [0.2, 0.25) is 5.91 Å². The molecular formula is C16H29N3O. The molecule has 0 unspecified atom stereocenters. The van der Waals surface area contributed by atoms with Crippen molar-refractivity contribution in [3.63, 3.8) is 0 Å². The van der Waals surface area contributed by atoms with Crippen LogP contribution in [0.25, 0.3) is 0 Å². The third-order valence-electron chi connectivity index (χ3n) is 1.81. The number of hydrogen-bond acceptors (Lipinski definition) is 2. The minimum Gasteiger partial charge on any atom is -0.384 e. The van der Waals surface area contributed by atoms with Crippen molar-refractivity contribution in [2.24, 2.45) is 5.73 Å². The van der Waals surface area contributed by atoms with Crippen LogP contribution >= 0.6 is 0 Å². The molecule has 1 rings (SSSR count). The van der Waals surface area contributed by atoms with Gasteiger partial charge in [0.15, 0.2) is 0 Å². The van der Waals surface area contributed by atoms with Gasteiger partial charge >= 0.3 is 0 Å². The molecule has 1 amide bonds. The maximum absolute atomic E-state index is 10.6. The van der Waals surface area contributed by atoms with E-state index in [0.717, 1.165) is 5.56 Å². The molecule has 0 aliphatic carbocycles. The highest BCUT2D eigenvalue weighted by Crippen LogP contribution is 2.03. The Labute approximate surface area is 123 Å². The molecule has 4 N–H and O–H groups in total. The van der Waals surface area contributed by atoms with Crippen molar-refractivity contribution in [3.05, 3.63) is 48.6 Å². The minimum atomic E-state index is -0.0550. The fourth-order valence-electron chi connectivity index (χ4n) is 1.03. The van der Waals surface area contributed by atoms with Crippen LogP contribution in [-0.4, -0.2) is 11.7 Å². The van der Waals surface area contributed by atoms with Crippen LogP contribution in [-0.2, 0) is 11.3 Å². The summed E-state index contributed by atoms with van der Waals surface area (Å²) in [6, 6.07) is 7.21. The Morgan fingerprint density at radius 3 is 1.85 bits per heavy atom. The highest BCUT2D eigenvalue weighted by molar-refractivity contribution is 5.94. The fourth-order valence-corrected chi connectivity index (χ4v) is 1.03. The normalized spacial score (nSPS) is 7.45. The first-order valence-corrected chi connectivity index (χ1v) is 6.77. The van der Waals surface area contributed by atoms with Crippen LogP contribution in [0.4, 0.5) is 0 Å². The van der Waals surface area contributed by atoms with Crippen LogP contribution in [0.2, 0.25) is 0 Å². The number of rotatable bonds is 3. The molecule has 0 spiro atoms. The summed E-state index contributed by atoms with van der Waals surface area (Å²) in [6.45, 7) is 16.0. The average Bonchev–Trinajstić information content (AvgIpc) is 2.51. The predicted octanol–water partition coefficient (Wildman–Crippen LogP) is 3.46. The molecule has 0 atom stereocenters. The third-order valence-corrected chi connectivity index (χ3v) is 1.81. The number of nitrogen functional groups attached to an aromatic ring is 1. The first kappa shape index (κ1) is 23.0. The third kappa shape index (κ3) is 12.4. The van der Waals surface area contributed by atoms with E-state index < -0.39 is 0 Å². The second-order valence-electron chi connectivity index (χ2n) is 3.02. The Kier molecular flexibility index (Phi) is 19.5. The standard InChI is InChI=1S/C10H13N3O.2C2H6.C2H4/c1-7(14)13-6-8-2-4-9(5-3-8)10(11)12;3*1-2/h2-5H,6H2,1H3,(H3,11,12)(H,13,14);2*1-2H3;1-2H2. The Morgan fingerprint density at radius 1 is 1.15 bits per heavy atom. The first-order valence-electron chi connectivity index (χ1n) is 6.77. The van der Waals surface area contributed by atoms with E-state index in [1.165, 1.54) is 6.92 Å². The van der Waals surface area contributed by atoms with E-state index in [0.29, 0.717) is 12.1 Å². The number of hydrogen-bond donors (Lipinski definition) is 3. The Morgan fingerprint density at radius 2 is 1.55 bits per heavy atom. The molecule has 0 aromatic heterocycles. The molecule has 114 valence electrons. The summed E-state index contributed by atoms with van der Waals surface area (Å²) in [7, 11) is 0. The van der Waals surface area contributed by atoms with E-state index in [9.17, 15) is 4.79 Å². The molecule has 0 radical (unpaired) electrons. The topological polar surface area (TPSA) is 79.0 Å². The summed E-state index contributed by atoms with van der Waals surface area (Å²) in [4.78, 5) is 10.6. The van der Waals surface area contributed by atoms with Gasteiger partial charge in [0.05, 0.1) is 0 Å². The maximum Gasteiger partial charge on any atom is 0.217 e. The monoisotopic (exact) mass is 279 g/mol. The lowest BCUT2D eigenvalue weighted by molar-refractivity contribution is -0.119. The highest BCUT2D eigenvalue weighted by atomic mass is 16.1. The van der Waals surface area contributed by atoms with Gasteiger partial charge in [-0.2, -0.15) is 0 Å². The van der Waals surface area contributed by atoms with E-state index in [2.05, 4.69) is 18.5 Å². The Hall–Kier alpha value is -2.10. The molecule has 20 heavy (non-hydrogen) atoms. The van der Waals surface area contributed by atoms with Crippen LogP contribution in [0, 0.1) is 5.41 Å². The predicted molar refractivity (Wildman–Crippen MR) is 88.9 cm³/mol. The molecular weight excluding hydrogens is 250 g/mol. The molecule has 0 heterocycles. The highest BCUT2D eigenvalue weighted by Gasteiger charge is 1.97. The summed E-state index contributed by atoms with van der Waals surface area (Å²) in [5.41, 5.74) is 6.98. The van der Waals surface area contributed by atoms with Crippen molar-refractivity contribution in [3.8, 4) is 0 Å². The number of amides is 1. The zero-order valence-corrected chi connectivity index (χ0v) is 13.4. The molecule has 0 fully saturated rings. The lowest BCUT2D eigenvalue weighted by Gasteiger charge is -2.03. The number of nitrogens with two attached hydrogens (primary N) is 1. The van der Waals surface area contributed by atoms with E-state index >= 15 is 0 Å². The summed E-state index contributed by atoms with van der Waals surface area (Å²) >= 11 is 0. The number of benzene rings is 1. The molecule has 0 saturated carbocycles. The molecule has 0 saturated heterocycles. The largest absolute Gasteiger partial charge is 0.384 e. The summed E-state index contributed by atoms with van der Waals surface area (Å²) < 4.78 is 0. The fraction of sp³-hybridized carbons (Fsp3) is 0.375. The number of amidine groups is 1. The number of nitrogens with one attached hydrogen (secondary N) is 2.